The van der Waals surface area contributed by atoms with E-state index in [0.29, 0.717) is 15.4 Å². The molecule has 1 heterocycles. The Morgan fingerprint density at radius 1 is 1.43 bits per heavy atom. The number of nitrogens with two attached hydrogens (primary N) is 1. The van der Waals surface area contributed by atoms with Crippen LogP contribution in [0, 0.1) is 5.82 Å². The molecule has 0 saturated carbocycles. The molecule has 0 aliphatic rings. The third kappa shape index (κ3) is 1.76. The van der Waals surface area contributed by atoms with E-state index in [1.165, 1.54) is 6.07 Å². The van der Waals surface area contributed by atoms with E-state index in [9.17, 15) is 4.39 Å². The first kappa shape index (κ1) is 9.54. The van der Waals surface area contributed by atoms with Crippen LogP contribution in [0.15, 0.2) is 22.7 Å². The second-order valence-corrected chi connectivity index (χ2v) is 4.22. The summed E-state index contributed by atoms with van der Waals surface area (Å²) in [5.41, 5.74) is 6.18. The number of anilines is 1. The van der Waals surface area contributed by atoms with Gasteiger partial charge in [0.1, 0.15) is 5.82 Å². The van der Waals surface area contributed by atoms with E-state index >= 15 is 0 Å². The van der Waals surface area contributed by atoms with Gasteiger partial charge in [0.05, 0.1) is 4.47 Å². The van der Waals surface area contributed by atoms with Crippen LogP contribution in [0.5, 0.6) is 0 Å². The maximum atomic E-state index is 12.9. The van der Waals surface area contributed by atoms with Gasteiger partial charge in [-0.25, -0.2) is 4.39 Å². The number of nitrogens with zero attached hydrogens (tertiary/aromatic N) is 2. The second kappa shape index (κ2) is 3.62. The molecule has 0 spiro atoms. The summed E-state index contributed by atoms with van der Waals surface area (Å²) < 4.78 is 17.3. The van der Waals surface area contributed by atoms with E-state index in [4.69, 9.17) is 5.73 Å². The SMILES string of the molecule is Nc1nc(-c2ccc(F)c(Br)c2)ns1. The van der Waals surface area contributed by atoms with Gasteiger partial charge < -0.3 is 5.73 Å². The highest BCUT2D eigenvalue weighted by molar-refractivity contribution is 9.10. The molecule has 0 unspecified atom stereocenters. The molecule has 0 amide bonds. The van der Waals surface area contributed by atoms with Gasteiger partial charge in [-0.3, -0.25) is 0 Å². The number of hydrogen-bond donors (Lipinski definition) is 1. The maximum absolute atomic E-state index is 12.9. The summed E-state index contributed by atoms with van der Waals surface area (Å²) in [5, 5.41) is 0.403. The van der Waals surface area contributed by atoms with E-state index in [1.807, 2.05) is 0 Å². The summed E-state index contributed by atoms with van der Waals surface area (Å²) >= 11 is 4.21. The molecule has 1 aromatic carbocycles. The fourth-order valence-electron chi connectivity index (χ4n) is 0.988. The lowest BCUT2D eigenvalue weighted by Crippen LogP contribution is -1.85. The Kier molecular flexibility index (Phi) is 2.47. The molecule has 0 saturated heterocycles. The van der Waals surface area contributed by atoms with Crippen molar-refractivity contribution < 1.29 is 4.39 Å². The average molecular weight is 274 g/mol. The summed E-state index contributed by atoms with van der Waals surface area (Å²) in [7, 11) is 0. The van der Waals surface area contributed by atoms with Crippen LogP contribution >= 0.6 is 27.5 Å². The highest BCUT2D eigenvalue weighted by atomic mass is 79.9. The second-order valence-electron chi connectivity index (χ2n) is 2.59. The molecule has 2 aromatic rings. The quantitative estimate of drug-likeness (QED) is 0.869. The fraction of sp³-hybridized carbons (Fsp3) is 0. The minimum Gasteiger partial charge on any atom is -0.374 e. The third-order valence-corrected chi connectivity index (χ3v) is 2.77. The molecule has 2 N–H and O–H groups in total. The van der Waals surface area contributed by atoms with Gasteiger partial charge >= 0.3 is 0 Å². The van der Waals surface area contributed by atoms with E-state index in [-0.39, 0.29) is 5.82 Å². The summed E-state index contributed by atoms with van der Waals surface area (Å²) in [6.07, 6.45) is 0. The summed E-state index contributed by atoms with van der Waals surface area (Å²) in [5.74, 6) is 0.213. The zero-order chi connectivity index (χ0) is 10.1. The number of aromatic nitrogens is 2. The number of hydrogen-bond acceptors (Lipinski definition) is 4. The van der Waals surface area contributed by atoms with Gasteiger partial charge in [0.15, 0.2) is 11.0 Å². The molecule has 3 nitrogen and oxygen atoms in total. The fourth-order valence-corrected chi connectivity index (χ4v) is 1.82. The zero-order valence-electron chi connectivity index (χ0n) is 6.87. The lowest BCUT2D eigenvalue weighted by molar-refractivity contribution is 0.621. The van der Waals surface area contributed by atoms with Crippen molar-refractivity contribution >= 4 is 32.6 Å². The van der Waals surface area contributed by atoms with E-state index in [2.05, 4.69) is 25.3 Å². The zero-order valence-corrected chi connectivity index (χ0v) is 9.27. The van der Waals surface area contributed by atoms with Crippen molar-refractivity contribution in [3.8, 4) is 11.4 Å². The van der Waals surface area contributed by atoms with Gasteiger partial charge in [-0.15, -0.1) is 0 Å². The van der Waals surface area contributed by atoms with Crippen LogP contribution in [0.3, 0.4) is 0 Å². The van der Waals surface area contributed by atoms with Crippen molar-refractivity contribution in [3.63, 3.8) is 0 Å². The van der Waals surface area contributed by atoms with Gasteiger partial charge in [0.25, 0.3) is 0 Å². The molecule has 0 bridgehead atoms. The van der Waals surface area contributed by atoms with Crippen LogP contribution in [0.25, 0.3) is 11.4 Å². The number of halogens is 2. The molecule has 0 atom stereocenters. The van der Waals surface area contributed by atoms with Gasteiger partial charge in [0.2, 0.25) is 0 Å². The van der Waals surface area contributed by atoms with Crippen LogP contribution in [-0.2, 0) is 0 Å². The molecule has 0 fully saturated rings. The van der Waals surface area contributed by atoms with E-state index in [0.717, 1.165) is 17.1 Å². The average Bonchev–Trinajstić information content (AvgIpc) is 2.57. The largest absolute Gasteiger partial charge is 0.374 e. The molecule has 14 heavy (non-hydrogen) atoms. The number of rotatable bonds is 1. The van der Waals surface area contributed by atoms with Crippen molar-refractivity contribution in [3.05, 3.63) is 28.5 Å². The van der Waals surface area contributed by atoms with E-state index in [1.54, 1.807) is 12.1 Å². The Labute approximate surface area is 92.1 Å². The molecule has 0 aliphatic heterocycles. The molecule has 2 rings (SSSR count). The maximum Gasteiger partial charge on any atom is 0.200 e. The Morgan fingerprint density at radius 3 is 2.79 bits per heavy atom. The van der Waals surface area contributed by atoms with Crippen molar-refractivity contribution in [2.24, 2.45) is 0 Å². The minimum atomic E-state index is -0.308. The first-order valence-corrected chi connectivity index (χ1v) is 5.28. The monoisotopic (exact) mass is 273 g/mol. The van der Waals surface area contributed by atoms with Crippen LogP contribution in [0.2, 0.25) is 0 Å². The topological polar surface area (TPSA) is 51.8 Å². The van der Waals surface area contributed by atoms with Crippen LogP contribution in [0.4, 0.5) is 9.52 Å². The highest BCUT2D eigenvalue weighted by Gasteiger charge is 2.06. The van der Waals surface area contributed by atoms with E-state index < -0.39 is 0 Å². The van der Waals surface area contributed by atoms with Crippen LogP contribution < -0.4 is 5.73 Å². The Balaban J connectivity index is 2.47. The van der Waals surface area contributed by atoms with Crippen molar-refractivity contribution in [1.82, 2.24) is 9.36 Å². The number of nitrogen functional groups attached to an aromatic ring is 1. The minimum absolute atomic E-state index is 0.308. The Hall–Kier alpha value is -1.01. The molecule has 72 valence electrons. The normalized spacial score (nSPS) is 10.4. The molecule has 0 radical (unpaired) electrons. The van der Waals surface area contributed by atoms with Gasteiger partial charge in [-0.1, -0.05) is 0 Å². The summed E-state index contributed by atoms with van der Waals surface area (Å²) in [4.78, 5) is 3.99. The third-order valence-electron chi connectivity index (χ3n) is 1.62. The van der Waals surface area contributed by atoms with Crippen LogP contribution in [0.1, 0.15) is 0 Å². The molecule has 0 aliphatic carbocycles. The standard InChI is InChI=1S/C8H5BrFN3S/c9-5-3-4(1-2-6(5)10)7-12-8(11)14-13-7/h1-3H,(H2,11,12,13). The summed E-state index contributed by atoms with van der Waals surface area (Å²) in [6, 6.07) is 4.59. The molecular formula is C8H5BrFN3S. The predicted octanol–water partition coefficient (Wildman–Crippen LogP) is 2.69. The van der Waals surface area contributed by atoms with Gasteiger partial charge in [-0.05, 0) is 34.1 Å². The Morgan fingerprint density at radius 2 is 2.21 bits per heavy atom. The highest BCUT2D eigenvalue weighted by Crippen LogP contribution is 2.24. The summed E-state index contributed by atoms with van der Waals surface area (Å²) in [6.45, 7) is 0. The Bertz CT molecular complexity index is 471. The molecule has 6 heteroatoms. The van der Waals surface area contributed by atoms with Crippen molar-refractivity contribution in [2.45, 2.75) is 0 Å². The van der Waals surface area contributed by atoms with Gasteiger partial charge in [-0.2, -0.15) is 9.36 Å². The van der Waals surface area contributed by atoms with Gasteiger partial charge in [0, 0.05) is 17.1 Å². The number of benzene rings is 1. The smallest absolute Gasteiger partial charge is 0.200 e. The molecule has 1 aromatic heterocycles. The van der Waals surface area contributed by atoms with Crippen LogP contribution in [-0.4, -0.2) is 9.36 Å². The molecular weight excluding hydrogens is 269 g/mol. The first-order chi connectivity index (χ1) is 6.66. The lowest BCUT2D eigenvalue weighted by atomic mass is 10.2. The van der Waals surface area contributed by atoms with Crippen molar-refractivity contribution in [2.75, 3.05) is 5.73 Å². The van der Waals surface area contributed by atoms with Crippen molar-refractivity contribution in [1.29, 1.82) is 0 Å². The lowest BCUT2D eigenvalue weighted by Gasteiger charge is -1.97. The first-order valence-electron chi connectivity index (χ1n) is 3.71. The predicted molar refractivity (Wildman–Crippen MR) is 57.4 cm³/mol.